The van der Waals surface area contributed by atoms with E-state index < -0.39 is 12.0 Å². The maximum absolute atomic E-state index is 11.2. The Kier molecular flexibility index (Phi) is 3.29. The highest BCUT2D eigenvalue weighted by atomic mass is 16.4. The molecule has 0 saturated heterocycles. The first-order valence-electron chi connectivity index (χ1n) is 5.68. The van der Waals surface area contributed by atoms with Crippen LogP contribution in [0.3, 0.4) is 0 Å². The predicted octanol–water partition coefficient (Wildman–Crippen LogP) is 1.81. The molecule has 1 aromatic carbocycles. The van der Waals surface area contributed by atoms with Gasteiger partial charge in [0.15, 0.2) is 0 Å². The molecule has 0 radical (unpaired) electrons. The number of para-hydroxylation sites is 1. The van der Waals surface area contributed by atoms with Crippen molar-refractivity contribution in [2.24, 2.45) is 0 Å². The van der Waals surface area contributed by atoms with E-state index in [1.807, 2.05) is 35.2 Å². The average molecular weight is 230 g/mol. The maximum Gasteiger partial charge on any atom is 0.327 e. The Morgan fingerprint density at radius 2 is 2.29 bits per heavy atom. The van der Waals surface area contributed by atoms with Crippen LogP contribution in [0.4, 0.5) is 5.69 Å². The van der Waals surface area contributed by atoms with Gasteiger partial charge in [0.05, 0.1) is 12.5 Å². The number of carbonyl (C=O) groups is 1. The van der Waals surface area contributed by atoms with E-state index in [9.17, 15) is 9.90 Å². The van der Waals surface area contributed by atoms with Crippen molar-refractivity contribution in [3.63, 3.8) is 0 Å². The highest BCUT2D eigenvalue weighted by Gasteiger charge is 2.28. The minimum atomic E-state index is -0.928. The Morgan fingerprint density at radius 1 is 1.53 bits per heavy atom. The van der Waals surface area contributed by atoms with Gasteiger partial charge in [-0.3, -0.25) is 0 Å². The first kappa shape index (κ1) is 11.5. The molecule has 0 saturated carbocycles. The number of rotatable bonds is 3. The molecule has 4 nitrogen and oxygen atoms in total. The van der Waals surface area contributed by atoms with Crippen LogP contribution in [0.2, 0.25) is 0 Å². The standard InChI is InChI=1S/C13H14N2O2/c14-8-7-12(13(16)17)15-9-3-5-10-4-1-2-6-11(10)15/h1-2,4,6,12H,3,5,7,9H2,(H,16,17). The van der Waals surface area contributed by atoms with Crippen molar-refractivity contribution in [2.45, 2.75) is 25.3 Å². The number of benzene rings is 1. The maximum atomic E-state index is 11.2. The van der Waals surface area contributed by atoms with E-state index >= 15 is 0 Å². The van der Waals surface area contributed by atoms with Crippen LogP contribution in [0.5, 0.6) is 0 Å². The van der Waals surface area contributed by atoms with E-state index in [0.717, 1.165) is 18.5 Å². The molecule has 4 heteroatoms. The van der Waals surface area contributed by atoms with Crippen LogP contribution in [0.15, 0.2) is 24.3 Å². The van der Waals surface area contributed by atoms with Crippen molar-refractivity contribution in [1.82, 2.24) is 0 Å². The molecule has 1 aliphatic heterocycles. The van der Waals surface area contributed by atoms with Crippen molar-refractivity contribution in [2.75, 3.05) is 11.4 Å². The molecule has 1 atom stereocenters. The number of nitriles is 1. The molecule has 1 unspecified atom stereocenters. The number of aryl methyl sites for hydroxylation is 1. The Labute approximate surface area is 100 Å². The van der Waals surface area contributed by atoms with Crippen LogP contribution in [0.25, 0.3) is 0 Å². The van der Waals surface area contributed by atoms with E-state index in [2.05, 4.69) is 0 Å². The zero-order valence-electron chi connectivity index (χ0n) is 9.47. The molecule has 88 valence electrons. The second-order valence-corrected chi connectivity index (χ2v) is 4.14. The highest BCUT2D eigenvalue weighted by molar-refractivity contribution is 5.79. The van der Waals surface area contributed by atoms with Crippen molar-refractivity contribution >= 4 is 11.7 Å². The summed E-state index contributed by atoms with van der Waals surface area (Å²) in [6, 6.07) is 9.04. The third-order valence-corrected chi connectivity index (χ3v) is 3.09. The van der Waals surface area contributed by atoms with E-state index in [1.165, 1.54) is 5.56 Å². The van der Waals surface area contributed by atoms with Crippen LogP contribution < -0.4 is 4.90 Å². The predicted molar refractivity (Wildman–Crippen MR) is 63.8 cm³/mol. The Morgan fingerprint density at radius 3 is 3.00 bits per heavy atom. The van der Waals surface area contributed by atoms with Gasteiger partial charge in [-0.25, -0.2) is 4.79 Å². The fraction of sp³-hybridized carbons (Fsp3) is 0.385. The lowest BCUT2D eigenvalue weighted by molar-refractivity contribution is -0.138. The second kappa shape index (κ2) is 4.88. The second-order valence-electron chi connectivity index (χ2n) is 4.14. The SMILES string of the molecule is N#CCC(C(=O)O)N1CCCc2ccccc21. The monoisotopic (exact) mass is 230 g/mol. The number of hydrogen-bond donors (Lipinski definition) is 1. The molecular weight excluding hydrogens is 216 g/mol. The number of carboxylic acids is 1. The zero-order valence-corrected chi connectivity index (χ0v) is 9.47. The van der Waals surface area contributed by atoms with Gasteiger partial charge in [0.1, 0.15) is 6.04 Å². The van der Waals surface area contributed by atoms with Crippen molar-refractivity contribution in [1.29, 1.82) is 5.26 Å². The molecular formula is C13H14N2O2. The van der Waals surface area contributed by atoms with Crippen LogP contribution in [-0.4, -0.2) is 23.7 Å². The number of nitrogens with zero attached hydrogens (tertiary/aromatic N) is 2. The van der Waals surface area contributed by atoms with Crippen molar-refractivity contribution in [3.05, 3.63) is 29.8 Å². The lowest BCUT2D eigenvalue weighted by atomic mass is 9.99. The van der Waals surface area contributed by atoms with Gasteiger partial charge < -0.3 is 10.0 Å². The van der Waals surface area contributed by atoms with Gasteiger partial charge in [0.2, 0.25) is 0 Å². The van der Waals surface area contributed by atoms with E-state index in [1.54, 1.807) is 0 Å². The number of anilines is 1. The Bertz CT molecular complexity index is 465. The molecule has 2 rings (SSSR count). The summed E-state index contributed by atoms with van der Waals surface area (Å²) in [5.41, 5.74) is 2.13. The summed E-state index contributed by atoms with van der Waals surface area (Å²) in [5, 5.41) is 17.9. The third kappa shape index (κ3) is 2.23. The van der Waals surface area contributed by atoms with Gasteiger partial charge in [-0.2, -0.15) is 5.26 Å². The molecule has 0 bridgehead atoms. The molecule has 0 amide bonds. The fourth-order valence-corrected chi connectivity index (χ4v) is 2.30. The molecule has 1 heterocycles. The summed E-state index contributed by atoms with van der Waals surface area (Å²) in [7, 11) is 0. The van der Waals surface area contributed by atoms with Crippen molar-refractivity contribution in [3.8, 4) is 6.07 Å². The summed E-state index contributed by atoms with van der Waals surface area (Å²) >= 11 is 0. The molecule has 1 N–H and O–H groups in total. The number of fused-ring (bicyclic) bond motifs is 1. The lowest BCUT2D eigenvalue weighted by Gasteiger charge is -2.34. The largest absolute Gasteiger partial charge is 0.480 e. The summed E-state index contributed by atoms with van der Waals surface area (Å²) in [4.78, 5) is 13.0. The first-order valence-corrected chi connectivity index (χ1v) is 5.68. The summed E-state index contributed by atoms with van der Waals surface area (Å²) in [6.45, 7) is 0.704. The Balaban J connectivity index is 2.34. The van der Waals surface area contributed by atoms with Crippen molar-refractivity contribution < 1.29 is 9.90 Å². The topological polar surface area (TPSA) is 64.3 Å². The van der Waals surface area contributed by atoms with Gasteiger partial charge >= 0.3 is 5.97 Å². The first-order chi connectivity index (χ1) is 8.24. The normalized spacial score (nSPS) is 15.8. The fourth-order valence-electron chi connectivity index (χ4n) is 2.30. The molecule has 0 aromatic heterocycles. The quantitative estimate of drug-likeness (QED) is 0.860. The molecule has 1 aromatic rings. The summed E-state index contributed by atoms with van der Waals surface area (Å²) in [6.07, 6.45) is 1.93. The average Bonchev–Trinajstić information content (AvgIpc) is 2.35. The van der Waals surface area contributed by atoms with Gasteiger partial charge in [-0.1, -0.05) is 18.2 Å². The molecule has 0 fully saturated rings. The van der Waals surface area contributed by atoms with Gasteiger partial charge in [0.25, 0.3) is 0 Å². The highest BCUT2D eigenvalue weighted by Crippen LogP contribution is 2.29. The van der Waals surface area contributed by atoms with Crippen LogP contribution in [0, 0.1) is 11.3 Å². The molecule has 17 heavy (non-hydrogen) atoms. The third-order valence-electron chi connectivity index (χ3n) is 3.09. The molecule has 1 aliphatic rings. The lowest BCUT2D eigenvalue weighted by Crippen LogP contribution is -2.43. The van der Waals surface area contributed by atoms with Crippen LogP contribution >= 0.6 is 0 Å². The number of hydrogen-bond acceptors (Lipinski definition) is 3. The minimum Gasteiger partial charge on any atom is -0.480 e. The zero-order chi connectivity index (χ0) is 12.3. The van der Waals surface area contributed by atoms with E-state index in [-0.39, 0.29) is 6.42 Å². The summed E-state index contributed by atoms with van der Waals surface area (Å²) in [5.74, 6) is -0.928. The molecule has 0 spiro atoms. The Hall–Kier alpha value is -2.02. The van der Waals surface area contributed by atoms with Crippen LogP contribution in [0.1, 0.15) is 18.4 Å². The smallest absolute Gasteiger partial charge is 0.327 e. The van der Waals surface area contributed by atoms with Gasteiger partial charge in [-0.05, 0) is 24.5 Å². The van der Waals surface area contributed by atoms with E-state index in [4.69, 9.17) is 5.26 Å². The van der Waals surface area contributed by atoms with Crippen LogP contribution in [-0.2, 0) is 11.2 Å². The van der Waals surface area contributed by atoms with E-state index in [0.29, 0.717) is 6.54 Å². The minimum absolute atomic E-state index is 0.0175. The van der Waals surface area contributed by atoms with Gasteiger partial charge in [-0.15, -0.1) is 0 Å². The number of aliphatic carboxylic acids is 1. The summed E-state index contributed by atoms with van der Waals surface area (Å²) < 4.78 is 0. The molecule has 0 aliphatic carbocycles. The number of carboxylic acid groups (broad SMARTS) is 1. The van der Waals surface area contributed by atoms with Gasteiger partial charge in [0, 0.05) is 12.2 Å².